The minimum Gasteiger partial charge on any atom is -0.506 e. The maximum Gasteiger partial charge on any atom is 0.254 e. The Hall–Kier alpha value is -1.24. The first-order valence-electron chi connectivity index (χ1n) is 9.00. The molecule has 0 aliphatic carbocycles. The van der Waals surface area contributed by atoms with Gasteiger partial charge in [-0.3, -0.25) is 14.6 Å². The lowest BCUT2D eigenvalue weighted by molar-refractivity contribution is -0.122. The normalized spacial score (nSPS) is 15.8. The third-order valence-corrected chi connectivity index (χ3v) is 5.98. The molecule has 0 bridgehead atoms. The topological polar surface area (TPSA) is 68.2 Å². The molecule has 2 aromatic carbocycles. The lowest BCUT2D eigenvalue weighted by atomic mass is 10.2. The van der Waals surface area contributed by atoms with Crippen LogP contribution in [0.4, 0.5) is 0 Å². The van der Waals surface area contributed by atoms with Gasteiger partial charge < -0.3 is 5.11 Å². The van der Waals surface area contributed by atoms with Gasteiger partial charge in [-0.25, -0.2) is 5.43 Å². The number of hydrazone groups is 1. The highest BCUT2D eigenvalue weighted by Gasteiger charge is 2.18. The van der Waals surface area contributed by atoms with Crippen LogP contribution in [0, 0.1) is 7.14 Å². The molecule has 1 saturated heterocycles. The number of carbonyl (C=O) groups is 1. The van der Waals surface area contributed by atoms with Crippen molar-refractivity contribution in [3.63, 3.8) is 0 Å². The second kappa shape index (κ2) is 10.5. The van der Waals surface area contributed by atoms with Crippen molar-refractivity contribution in [2.24, 2.45) is 5.10 Å². The molecule has 1 aliphatic rings. The van der Waals surface area contributed by atoms with Crippen molar-refractivity contribution in [1.29, 1.82) is 0 Å². The Bertz CT molecular complexity index is 838. The molecule has 8 heteroatoms. The van der Waals surface area contributed by atoms with Crippen molar-refractivity contribution in [1.82, 2.24) is 15.2 Å². The summed E-state index contributed by atoms with van der Waals surface area (Å²) in [5.74, 6) is 0.0288. The number of hydrogen-bond donors (Lipinski definition) is 2. The van der Waals surface area contributed by atoms with E-state index >= 15 is 0 Å². The molecule has 1 fully saturated rings. The molecule has 0 radical (unpaired) electrons. The van der Waals surface area contributed by atoms with Crippen molar-refractivity contribution >= 4 is 57.3 Å². The van der Waals surface area contributed by atoms with E-state index in [4.69, 9.17) is 0 Å². The Morgan fingerprint density at radius 1 is 1.11 bits per heavy atom. The minimum absolute atomic E-state index is 0.146. The Kier molecular flexibility index (Phi) is 8.06. The molecule has 0 atom stereocenters. The van der Waals surface area contributed by atoms with Gasteiger partial charge in [0.2, 0.25) is 0 Å². The zero-order valence-corrected chi connectivity index (χ0v) is 19.6. The summed E-state index contributed by atoms with van der Waals surface area (Å²) in [4.78, 5) is 16.7. The first kappa shape index (κ1) is 21.5. The van der Waals surface area contributed by atoms with Gasteiger partial charge in [0.15, 0.2) is 0 Å². The number of halogens is 2. The fourth-order valence-electron chi connectivity index (χ4n) is 3.04. The van der Waals surface area contributed by atoms with Crippen molar-refractivity contribution in [3.8, 4) is 5.75 Å². The van der Waals surface area contributed by atoms with Crippen LogP contribution in [-0.2, 0) is 11.3 Å². The summed E-state index contributed by atoms with van der Waals surface area (Å²) in [6, 6.07) is 14.1. The molecule has 148 valence electrons. The molecule has 0 saturated carbocycles. The quantitative estimate of drug-likeness (QED) is 0.303. The number of aromatic hydroxyl groups is 1. The van der Waals surface area contributed by atoms with Gasteiger partial charge in [-0.15, -0.1) is 0 Å². The zero-order chi connectivity index (χ0) is 19.9. The number of nitrogens with zero attached hydrogens (tertiary/aromatic N) is 3. The fourth-order valence-corrected chi connectivity index (χ4v) is 4.93. The van der Waals surface area contributed by atoms with Gasteiger partial charge in [0, 0.05) is 41.9 Å². The number of phenols is 1. The Labute approximate surface area is 192 Å². The van der Waals surface area contributed by atoms with Crippen LogP contribution in [0.3, 0.4) is 0 Å². The molecule has 1 heterocycles. The zero-order valence-electron chi connectivity index (χ0n) is 15.3. The summed E-state index contributed by atoms with van der Waals surface area (Å²) in [6.07, 6.45) is 1.48. The predicted octanol–water partition coefficient (Wildman–Crippen LogP) is 2.87. The van der Waals surface area contributed by atoms with E-state index in [0.717, 1.165) is 39.9 Å². The van der Waals surface area contributed by atoms with Crippen LogP contribution < -0.4 is 5.43 Å². The van der Waals surface area contributed by atoms with Crippen LogP contribution in [0.1, 0.15) is 11.1 Å². The highest BCUT2D eigenvalue weighted by molar-refractivity contribution is 14.1. The van der Waals surface area contributed by atoms with Crippen LogP contribution >= 0.6 is 45.2 Å². The SMILES string of the molecule is O=C(CN1CCN(Cc2ccccc2)CC1)N/N=C/c1cc(I)cc(I)c1O. The molecule has 2 aromatic rings. The van der Waals surface area contributed by atoms with E-state index in [2.05, 4.69) is 89.8 Å². The highest BCUT2D eigenvalue weighted by atomic mass is 127. The van der Waals surface area contributed by atoms with Crippen molar-refractivity contribution in [2.75, 3.05) is 32.7 Å². The third-order valence-electron chi connectivity index (χ3n) is 4.53. The summed E-state index contributed by atoms with van der Waals surface area (Å²) < 4.78 is 1.76. The molecule has 0 aromatic heterocycles. The minimum atomic E-state index is -0.146. The van der Waals surface area contributed by atoms with Crippen LogP contribution in [0.15, 0.2) is 47.6 Å². The smallest absolute Gasteiger partial charge is 0.254 e. The van der Waals surface area contributed by atoms with Crippen molar-refractivity contribution in [3.05, 3.63) is 60.7 Å². The molecule has 28 heavy (non-hydrogen) atoms. The summed E-state index contributed by atoms with van der Waals surface area (Å²) in [6.45, 7) is 4.88. The Balaban J connectivity index is 1.42. The molecule has 2 N–H and O–H groups in total. The Morgan fingerprint density at radius 2 is 1.79 bits per heavy atom. The van der Waals surface area contributed by atoms with Crippen molar-refractivity contribution in [2.45, 2.75) is 6.54 Å². The second-order valence-corrected chi connectivity index (χ2v) is 9.06. The van der Waals surface area contributed by atoms with E-state index in [1.165, 1.54) is 11.8 Å². The molecule has 1 amide bonds. The summed E-state index contributed by atoms with van der Waals surface area (Å²) >= 11 is 4.25. The molecule has 1 aliphatic heterocycles. The molecule has 6 nitrogen and oxygen atoms in total. The number of hydrogen-bond acceptors (Lipinski definition) is 5. The van der Waals surface area contributed by atoms with E-state index in [1.807, 2.05) is 18.2 Å². The van der Waals surface area contributed by atoms with E-state index in [-0.39, 0.29) is 11.7 Å². The predicted molar refractivity (Wildman–Crippen MR) is 127 cm³/mol. The van der Waals surface area contributed by atoms with E-state index in [1.54, 1.807) is 0 Å². The van der Waals surface area contributed by atoms with E-state index in [0.29, 0.717) is 12.1 Å². The lowest BCUT2D eigenvalue weighted by Gasteiger charge is -2.34. The second-order valence-electron chi connectivity index (χ2n) is 6.66. The Morgan fingerprint density at radius 3 is 2.50 bits per heavy atom. The van der Waals surface area contributed by atoms with E-state index in [9.17, 15) is 9.90 Å². The maximum absolute atomic E-state index is 12.1. The first-order chi connectivity index (χ1) is 13.5. The number of benzene rings is 2. The molecular formula is C20H22I2N4O2. The number of amides is 1. The van der Waals surface area contributed by atoms with Crippen LogP contribution in [0.5, 0.6) is 5.75 Å². The van der Waals surface area contributed by atoms with Crippen molar-refractivity contribution < 1.29 is 9.90 Å². The summed E-state index contributed by atoms with van der Waals surface area (Å²) in [5.41, 5.74) is 4.46. The standard InChI is InChI=1S/C20H22I2N4O2/c21-17-10-16(20(28)18(22)11-17)12-23-24-19(27)14-26-8-6-25(7-9-26)13-15-4-2-1-3-5-15/h1-5,10-12,28H,6-9,13-14H2,(H,24,27)/b23-12+. The number of piperazine rings is 1. The van der Waals surface area contributed by atoms with Gasteiger partial charge in [-0.05, 0) is 62.9 Å². The van der Waals surface area contributed by atoms with Crippen LogP contribution in [-0.4, -0.2) is 59.8 Å². The van der Waals surface area contributed by atoms with Gasteiger partial charge in [0.1, 0.15) is 5.75 Å². The first-order valence-corrected chi connectivity index (χ1v) is 11.2. The average molecular weight is 604 g/mol. The number of rotatable bonds is 6. The molecule has 0 spiro atoms. The number of carbonyl (C=O) groups excluding carboxylic acids is 1. The van der Waals surface area contributed by atoms with Gasteiger partial charge in [0.25, 0.3) is 5.91 Å². The molecule has 3 rings (SSSR count). The highest BCUT2D eigenvalue weighted by Crippen LogP contribution is 2.25. The fraction of sp³-hybridized carbons (Fsp3) is 0.300. The number of phenolic OH excluding ortho intramolecular Hbond substituents is 1. The lowest BCUT2D eigenvalue weighted by Crippen LogP contribution is -2.48. The van der Waals surface area contributed by atoms with Gasteiger partial charge in [-0.1, -0.05) is 30.3 Å². The third kappa shape index (κ3) is 6.39. The number of nitrogens with one attached hydrogen (secondary N) is 1. The average Bonchev–Trinajstić information content (AvgIpc) is 2.68. The van der Waals surface area contributed by atoms with Crippen LogP contribution in [0.2, 0.25) is 0 Å². The maximum atomic E-state index is 12.1. The molecular weight excluding hydrogens is 582 g/mol. The summed E-state index contributed by atoms with van der Waals surface area (Å²) in [5, 5.41) is 14.0. The monoisotopic (exact) mass is 604 g/mol. The van der Waals surface area contributed by atoms with E-state index < -0.39 is 0 Å². The van der Waals surface area contributed by atoms with Gasteiger partial charge >= 0.3 is 0 Å². The van der Waals surface area contributed by atoms with Gasteiger partial charge in [-0.2, -0.15) is 5.10 Å². The largest absolute Gasteiger partial charge is 0.506 e. The van der Waals surface area contributed by atoms with Crippen LogP contribution in [0.25, 0.3) is 0 Å². The molecule has 0 unspecified atom stereocenters. The summed E-state index contributed by atoms with van der Waals surface area (Å²) in [7, 11) is 0. The van der Waals surface area contributed by atoms with Gasteiger partial charge in [0.05, 0.1) is 16.3 Å².